The van der Waals surface area contributed by atoms with Crippen molar-refractivity contribution in [2.75, 3.05) is 13.1 Å². The van der Waals surface area contributed by atoms with E-state index >= 15 is 0 Å². The molecule has 4 nitrogen and oxygen atoms in total. The topological polar surface area (TPSA) is 55.6 Å². The van der Waals surface area contributed by atoms with E-state index in [1.807, 2.05) is 18.2 Å². The molecule has 1 heterocycles. The van der Waals surface area contributed by atoms with Crippen molar-refractivity contribution in [3.8, 4) is 0 Å². The van der Waals surface area contributed by atoms with E-state index in [1.165, 1.54) is 0 Å². The van der Waals surface area contributed by atoms with Crippen LogP contribution in [-0.2, 0) is 4.84 Å². The van der Waals surface area contributed by atoms with Crippen molar-refractivity contribution >= 4 is 5.97 Å². The molecule has 80 valence electrons. The standard InChI is InChI=1S/C11H14N2O2/c12-10-6-7-13(8-10)15-11(14)9-4-2-1-3-5-9/h1-5,10H,6-8,12H2/t10-/m0/s1. The maximum Gasteiger partial charge on any atom is 0.357 e. The summed E-state index contributed by atoms with van der Waals surface area (Å²) in [5.41, 5.74) is 6.27. The Bertz CT molecular complexity index is 340. The minimum Gasteiger partial charge on any atom is -0.364 e. The smallest absolute Gasteiger partial charge is 0.357 e. The van der Waals surface area contributed by atoms with Gasteiger partial charge in [-0.1, -0.05) is 18.2 Å². The third-order valence-electron chi connectivity index (χ3n) is 2.41. The number of hydrogen-bond donors (Lipinski definition) is 1. The van der Waals surface area contributed by atoms with E-state index in [1.54, 1.807) is 17.2 Å². The van der Waals surface area contributed by atoms with Gasteiger partial charge in [0.05, 0.1) is 12.1 Å². The summed E-state index contributed by atoms with van der Waals surface area (Å²) in [5.74, 6) is -0.315. The molecule has 2 rings (SSSR count). The number of nitrogens with zero attached hydrogens (tertiary/aromatic N) is 1. The van der Waals surface area contributed by atoms with E-state index < -0.39 is 0 Å². The fourth-order valence-corrected chi connectivity index (χ4v) is 1.58. The van der Waals surface area contributed by atoms with E-state index in [4.69, 9.17) is 10.6 Å². The largest absolute Gasteiger partial charge is 0.364 e. The van der Waals surface area contributed by atoms with Gasteiger partial charge in [0.25, 0.3) is 0 Å². The zero-order valence-electron chi connectivity index (χ0n) is 8.43. The van der Waals surface area contributed by atoms with Gasteiger partial charge in [0.1, 0.15) is 0 Å². The highest BCUT2D eigenvalue weighted by Gasteiger charge is 2.22. The van der Waals surface area contributed by atoms with E-state index in [-0.39, 0.29) is 12.0 Å². The first-order valence-corrected chi connectivity index (χ1v) is 5.03. The third-order valence-corrected chi connectivity index (χ3v) is 2.41. The number of hydrogen-bond acceptors (Lipinski definition) is 4. The lowest BCUT2D eigenvalue weighted by Gasteiger charge is -2.14. The van der Waals surface area contributed by atoms with Crippen LogP contribution in [0.5, 0.6) is 0 Å². The highest BCUT2D eigenvalue weighted by molar-refractivity contribution is 5.89. The van der Waals surface area contributed by atoms with Crippen LogP contribution in [0.15, 0.2) is 30.3 Å². The molecule has 1 saturated heterocycles. The fourth-order valence-electron chi connectivity index (χ4n) is 1.58. The normalized spacial score (nSPS) is 21.5. The van der Waals surface area contributed by atoms with E-state index in [2.05, 4.69) is 0 Å². The van der Waals surface area contributed by atoms with E-state index in [0.29, 0.717) is 12.1 Å². The summed E-state index contributed by atoms with van der Waals surface area (Å²) in [5, 5.41) is 1.62. The lowest BCUT2D eigenvalue weighted by Crippen LogP contribution is -2.29. The minimum absolute atomic E-state index is 0.119. The Labute approximate surface area is 88.6 Å². The Morgan fingerprint density at radius 1 is 1.40 bits per heavy atom. The molecule has 4 heteroatoms. The molecule has 0 radical (unpaired) electrons. The Kier molecular flexibility index (Phi) is 2.99. The van der Waals surface area contributed by atoms with Crippen LogP contribution in [0.2, 0.25) is 0 Å². The molecule has 0 saturated carbocycles. The molecular weight excluding hydrogens is 192 g/mol. The summed E-state index contributed by atoms with van der Waals surface area (Å²) in [6.07, 6.45) is 0.877. The van der Waals surface area contributed by atoms with Crippen molar-refractivity contribution in [2.45, 2.75) is 12.5 Å². The van der Waals surface area contributed by atoms with Gasteiger partial charge in [-0.25, -0.2) is 4.79 Å². The Balaban J connectivity index is 1.93. The van der Waals surface area contributed by atoms with Gasteiger partial charge in [-0.3, -0.25) is 0 Å². The second-order valence-electron chi connectivity index (χ2n) is 3.68. The second-order valence-corrected chi connectivity index (χ2v) is 3.68. The summed E-state index contributed by atoms with van der Waals surface area (Å²) in [4.78, 5) is 16.8. The van der Waals surface area contributed by atoms with Gasteiger partial charge >= 0.3 is 5.97 Å². The van der Waals surface area contributed by atoms with Gasteiger partial charge in [0, 0.05) is 12.6 Å². The zero-order chi connectivity index (χ0) is 10.7. The van der Waals surface area contributed by atoms with Crippen LogP contribution in [0.1, 0.15) is 16.8 Å². The minimum atomic E-state index is -0.315. The van der Waals surface area contributed by atoms with Gasteiger partial charge in [0.2, 0.25) is 0 Å². The number of hydroxylamine groups is 2. The monoisotopic (exact) mass is 206 g/mol. The molecule has 0 amide bonds. The van der Waals surface area contributed by atoms with Crippen LogP contribution >= 0.6 is 0 Å². The lowest BCUT2D eigenvalue weighted by atomic mass is 10.2. The fraction of sp³-hybridized carbons (Fsp3) is 0.364. The molecular formula is C11H14N2O2. The second kappa shape index (κ2) is 4.42. The van der Waals surface area contributed by atoms with Crippen LogP contribution in [0, 0.1) is 0 Å². The lowest BCUT2D eigenvalue weighted by molar-refractivity contribution is -0.0935. The van der Waals surface area contributed by atoms with E-state index in [9.17, 15) is 4.79 Å². The number of carbonyl (C=O) groups excluding carboxylic acids is 1. The molecule has 1 fully saturated rings. The predicted molar refractivity (Wildman–Crippen MR) is 56.0 cm³/mol. The summed E-state index contributed by atoms with van der Waals surface area (Å²) in [6.45, 7) is 1.35. The van der Waals surface area contributed by atoms with Gasteiger partial charge in [-0.05, 0) is 18.6 Å². The predicted octanol–water partition coefficient (Wildman–Crippen LogP) is 0.791. The van der Waals surface area contributed by atoms with E-state index in [0.717, 1.165) is 13.0 Å². The average molecular weight is 206 g/mol. The van der Waals surface area contributed by atoms with Crippen molar-refractivity contribution in [1.82, 2.24) is 5.06 Å². The third kappa shape index (κ3) is 2.55. The first kappa shape index (κ1) is 10.1. The summed E-state index contributed by atoms with van der Waals surface area (Å²) >= 11 is 0. The first-order valence-electron chi connectivity index (χ1n) is 5.03. The van der Waals surface area contributed by atoms with Crippen LogP contribution in [0.4, 0.5) is 0 Å². The van der Waals surface area contributed by atoms with Crippen LogP contribution in [0.3, 0.4) is 0 Å². The van der Waals surface area contributed by atoms with Gasteiger partial charge < -0.3 is 10.6 Å². The summed E-state index contributed by atoms with van der Waals surface area (Å²) < 4.78 is 0. The molecule has 1 aromatic rings. The SMILES string of the molecule is N[C@H]1CCN(OC(=O)c2ccccc2)C1. The highest BCUT2D eigenvalue weighted by atomic mass is 16.7. The maximum absolute atomic E-state index is 11.6. The summed E-state index contributed by atoms with van der Waals surface area (Å²) in [7, 11) is 0. The van der Waals surface area contributed by atoms with Crippen LogP contribution in [0.25, 0.3) is 0 Å². The number of rotatable bonds is 2. The molecule has 0 unspecified atom stereocenters. The Hall–Kier alpha value is -1.39. The molecule has 0 aliphatic carbocycles. The van der Waals surface area contributed by atoms with Crippen molar-refractivity contribution in [3.05, 3.63) is 35.9 Å². The summed E-state index contributed by atoms with van der Waals surface area (Å²) in [6, 6.07) is 9.08. The molecule has 0 spiro atoms. The van der Waals surface area contributed by atoms with Gasteiger partial charge in [-0.15, -0.1) is 5.06 Å². The Morgan fingerprint density at radius 3 is 2.73 bits per heavy atom. The molecule has 0 bridgehead atoms. The van der Waals surface area contributed by atoms with Crippen molar-refractivity contribution < 1.29 is 9.63 Å². The van der Waals surface area contributed by atoms with Crippen molar-refractivity contribution in [1.29, 1.82) is 0 Å². The van der Waals surface area contributed by atoms with Gasteiger partial charge in [-0.2, -0.15) is 0 Å². The molecule has 1 atom stereocenters. The first-order chi connectivity index (χ1) is 7.25. The number of benzene rings is 1. The quantitative estimate of drug-likeness (QED) is 0.777. The molecule has 1 aliphatic rings. The molecule has 0 aromatic heterocycles. The van der Waals surface area contributed by atoms with Crippen molar-refractivity contribution in [2.24, 2.45) is 5.73 Å². The molecule has 15 heavy (non-hydrogen) atoms. The van der Waals surface area contributed by atoms with Crippen molar-refractivity contribution in [3.63, 3.8) is 0 Å². The Morgan fingerprint density at radius 2 is 2.13 bits per heavy atom. The van der Waals surface area contributed by atoms with Crippen LogP contribution < -0.4 is 5.73 Å². The van der Waals surface area contributed by atoms with Gasteiger partial charge in [0.15, 0.2) is 0 Å². The maximum atomic E-state index is 11.6. The average Bonchev–Trinajstić information content (AvgIpc) is 2.65. The molecule has 1 aromatic carbocycles. The highest BCUT2D eigenvalue weighted by Crippen LogP contribution is 2.10. The molecule has 2 N–H and O–H groups in total. The zero-order valence-corrected chi connectivity index (χ0v) is 8.43. The number of nitrogens with two attached hydrogens (primary N) is 1. The molecule has 1 aliphatic heterocycles. The number of carbonyl (C=O) groups is 1. The van der Waals surface area contributed by atoms with Crippen LogP contribution in [-0.4, -0.2) is 30.2 Å².